The molecule has 3 aliphatic rings. The van der Waals surface area contributed by atoms with Crippen LogP contribution in [0.15, 0.2) is 0 Å². The fraction of sp³-hybridized carbons (Fsp3) is 0.938. The van der Waals surface area contributed by atoms with Gasteiger partial charge in [0.15, 0.2) is 0 Å². The summed E-state index contributed by atoms with van der Waals surface area (Å²) in [6.45, 7) is 3.22. The predicted octanol–water partition coefficient (Wildman–Crippen LogP) is 2.74. The molecule has 0 aromatic heterocycles. The molecule has 0 aromatic rings. The molecule has 3 atom stereocenters. The number of fused-ring (bicyclic) bond motifs is 2. The highest BCUT2D eigenvalue weighted by atomic mass is 35.5. The summed E-state index contributed by atoms with van der Waals surface area (Å²) < 4.78 is 0. The Morgan fingerprint density at radius 2 is 1.90 bits per heavy atom. The van der Waals surface area contributed by atoms with Crippen LogP contribution in [0.5, 0.6) is 0 Å². The van der Waals surface area contributed by atoms with Crippen molar-refractivity contribution >= 4 is 18.3 Å². The molecule has 1 amide bonds. The van der Waals surface area contributed by atoms with Gasteiger partial charge in [-0.1, -0.05) is 6.42 Å². The van der Waals surface area contributed by atoms with Crippen molar-refractivity contribution in [1.82, 2.24) is 10.6 Å². The van der Waals surface area contributed by atoms with Crippen LogP contribution in [0.3, 0.4) is 0 Å². The summed E-state index contributed by atoms with van der Waals surface area (Å²) in [6, 6.07) is 0. The third-order valence-corrected chi connectivity index (χ3v) is 5.68. The van der Waals surface area contributed by atoms with Gasteiger partial charge in [0.1, 0.15) is 0 Å². The molecule has 2 saturated carbocycles. The fourth-order valence-electron chi connectivity index (χ4n) is 4.47. The third kappa shape index (κ3) is 4.11. The zero-order valence-corrected chi connectivity index (χ0v) is 13.2. The summed E-state index contributed by atoms with van der Waals surface area (Å²) >= 11 is 0. The molecule has 3 nitrogen and oxygen atoms in total. The lowest BCUT2D eigenvalue weighted by Gasteiger charge is -2.23. The normalized spacial score (nSPS) is 32.9. The summed E-state index contributed by atoms with van der Waals surface area (Å²) in [6.07, 6.45) is 10.0. The number of hydrogen-bond donors (Lipinski definition) is 2. The first kappa shape index (κ1) is 16.1. The van der Waals surface area contributed by atoms with Crippen molar-refractivity contribution in [3.05, 3.63) is 0 Å². The molecule has 1 heterocycles. The molecule has 1 aliphatic heterocycles. The summed E-state index contributed by atoms with van der Waals surface area (Å²) in [5.41, 5.74) is 0. The van der Waals surface area contributed by atoms with E-state index in [-0.39, 0.29) is 12.4 Å². The first-order chi connectivity index (χ1) is 9.31. The molecule has 3 fully saturated rings. The van der Waals surface area contributed by atoms with Gasteiger partial charge < -0.3 is 10.6 Å². The number of carbonyl (C=O) groups is 1. The van der Waals surface area contributed by atoms with Crippen LogP contribution in [-0.4, -0.2) is 25.5 Å². The molecule has 2 aliphatic carbocycles. The van der Waals surface area contributed by atoms with Crippen LogP contribution in [0, 0.1) is 23.7 Å². The molecule has 3 unspecified atom stereocenters. The second-order valence-electron chi connectivity index (χ2n) is 6.97. The van der Waals surface area contributed by atoms with E-state index in [9.17, 15) is 4.79 Å². The summed E-state index contributed by atoms with van der Waals surface area (Å²) in [7, 11) is 0. The highest BCUT2D eigenvalue weighted by Gasteiger charge is 2.39. The summed E-state index contributed by atoms with van der Waals surface area (Å²) in [5, 5.41) is 6.57. The van der Waals surface area contributed by atoms with E-state index >= 15 is 0 Å². The van der Waals surface area contributed by atoms with Crippen LogP contribution in [0.25, 0.3) is 0 Å². The van der Waals surface area contributed by atoms with Crippen LogP contribution >= 0.6 is 12.4 Å². The largest absolute Gasteiger partial charge is 0.356 e. The topological polar surface area (TPSA) is 41.1 Å². The van der Waals surface area contributed by atoms with E-state index in [4.69, 9.17) is 0 Å². The SMILES string of the molecule is Cl.O=C(CCC1CCNCC1)NCC1CC2CCC1C2. The minimum absolute atomic E-state index is 0. The number of carbonyl (C=O) groups excluding carboxylic acids is 1. The van der Waals surface area contributed by atoms with E-state index in [0.29, 0.717) is 5.91 Å². The first-order valence-corrected chi connectivity index (χ1v) is 8.28. The second-order valence-corrected chi connectivity index (χ2v) is 6.97. The smallest absolute Gasteiger partial charge is 0.220 e. The molecule has 2 bridgehead atoms. The molecule has 2 N–H and O–H groups in total. The van der Waals surface area contributed by atoms with Gasteiger partial charge in [-0.15, -0.1) is 12.4 Å². The van der Waals surface area contributed by atoms with Crippen molar-refractivity contribution in [2.75, 3.05) is 19.6 Å². The Kier molecular flexibility index (Phi) is 6.16. The average Bonchev–Trinajstić information content (AvgIpc) is 3.06. The molecule has 4 heteroatoms. The van der Waals surface area contributed by atoms with Gasteiger partial charge in [0.05, 0.1) is 0 Å². The monoisotopic (exact) mass is 300 g/mol. The van der Waals surface area contributed by atoms with Crippen molar-refractivity contribution in [3.8, 4) is 0 Å². The van der Waals surface area contributed by atoms with E-state index in [2.05, 4.69) is 10.6 Å². The van der Waals surface area contributed by atoms with Crippen LogP contribution in [0.2, 0.25) is 0 Å². The summed E-state index contributed by atoms with van der Waals surface area (Å²) in [5.74, 6) is 3.77. The number of rotatable bonds is 5. The maximum absolute atomic E-state index is 11.9. The number of amides is 1. The van der Waals surface area contributed by atoms with Gasteiger partial charge in [0.2, 0.25) is 5.91 Å². The molecular weight excluding hydrogens is 272 g/mol. The second kappa shape index (κ2) is 7.65. The quantitative estimate of drug-likeness (QED) is 0.820. The maximum Gasteiger partial charge on any atom is 0.220 e. The lowest BCUT2D eigenvalue weighted by Crippen LogP contribution is -2.32. The van der Waals surface area contributed by atoms with Crippen LogP contribution in [0.1, 0.15) is 51.4 Å². The van der Waals surface area contributed by atoms with Crippen molar-refractivity contribution in [2.45, 2.75) is 51.4 Å². The van der Waals surface area contributed by atoms with Crippen LogP contribution in [-0.2, 0) is 4.79 Å². The van der Waals surface area contributed by atoms with Crippen molar-refractivity contribution in [2.24, 2.45) is 23.7 Å². The van der Waals surface area contributed by atoms with Crippen molar-refractivity contribution < 1.29 is 4.79 Å². The minimum Gasteiger partial charge on any atom is -0.356 e. The minimum atomic E-state index is 0. The predicted molar refractivity (Wildman–Crippen MR) is 84.0 cm³/mol. The number of hydrogen-bond acceptors (Lipinski definition) is 2. The third-order valence-electron chi connectivity index (χ3n) is 5.68. The molecule has 0 aromatic carbocycles. The number of halogens is 1. The van der Waals surface area contributed by atoms with E-state index in [1.165, 1.54) is 38.5 Å². The van der Waals surface area contributed by atoms with E-state index in [1.54, 1.807) is 0 Å². The fourth-order valence-corrected chi connectivity index (χ4v) is 4.47. The Hall–Kier alpha value is -0.280. The molecule has 0 radical (unpaired) electrons. The standard InChI is InChI=1S/C16H28N2O.ClH/c19-16(4-2-12-5-7-17-8-6-12)18-11-15-10-13-1-3-14(15)9-13;/h12-15,17H,1-11H2,(H,18,19);1H. The Bertz CT molecular complexity index is 318. The number of piperidine rings is 1. The lowest BCUT2D eigenvalue weighted by atomic mass is 9.88. The van der Waals surface area contributed by atoms with Gasteiger partial charge in [0, 0.05) is 13.0 Å². The average molecular weight is 301 g/mol. The van der Waals surface area contributed by atoms with Gasteiger partial charge in [-0.2, -0.15) is 0 Å². The van der Waals surface area contributed by atoms with E-state index in [0.717, 1.165) is 56.1 Å². The molecule has 1 saturated heterocycles. The van der Waals surface area contributed by atoms with Gasteiger partial charge in [-0.05, 0) is 75.3 Å². The van der Waals surface area contributed by atoms with Crippen molar-refractivity contribution in [3.63, 3.8) is 0 Å². The first-order valence-electron chi connectivity index (χ1n) is 8.28. The van der Waals surface area contributed by atoms with Crippen LogP contribution in [0.4, 0.5) is 0 Å². The molecule has 0 spiro atoms. The Morgan fingerprint density at radius 1 is 1.10 bits per heavy atom. The Balaban J connectivity index is 0.00000147. The highest BCUT2D eigenvalue weighted by Crippen LogP contribution is 2.47. The van der Waals surface area contributed by atoms with Gasteiger partial charge in [0.25, 0.3) is 0 Å². The zero-order chi connectivity index (χ0) is 13.1. The zero-order valence-electron chi connectivity index (χ0n) is 12.4. The van der Waals surface area contributed by atoms with Crippen molar-refractivity contribution in [1.29, 1.82) is 0 Å². The molecular formula is C16H29ClN2O. The van der Waals surface area contributed by atoms with E-state index < -0.39 is 0 Å². The number of nitrogens with one attached hydrogen (secondary N) is 2. The lowest BCUT2D eigenvalue weighted by molar-refractivity contribution is -0.121. The van der Waals surface area contributed by atoms with Gasteiger partial charge in [-0.25, -0.2) is 0 Å². The molecule has 20 heavy (non-hydrogen) atoms. The Morgan fingerprint density at radius 3 is 2.55 bits per heavy atom. The summed E-state index contributed by atoms with van der Waals surface area (Å²) in [4.78, 5) is 11.9. The molecule has 116 valence electrons. The maximum atomic E-state index is 11.9. The van der Waals surface area contributed by atoms with Crippen LogP contribution < -0.4 is 10.6 Å². The van der Waals surface area contributed by atoms with Gasteiger partial charge >= 0.3 is 0 Å². The van der Waals surface area contributed by atoms with Gasteiger partial charge in [-0.3, -0.25) is 4.79 Å². The Labute approximate surface area is 129 Å². The molecule has 3 rings (SSSR count). The van der Waals surface area contributed by atoms with E-state index in [1.807, 2.05) is 0 Å². The highest BCUT2D eigenvalue weighted by molar-refractivity contribution is 5.85.